The van der Waals surface area contributed by atoms with E-state index in [1.165, 1.54) is 11.3 Å². The Hall–Kier alpha value is -0.720. The highest BCUT2D eigenvalue weighted by molar-refractivity contribution is 9.10. The monoisotopic (exact) mass is 343 g/mol. The van der Waals surface area contributed by atoms with E-state index in [1.807, 2.05) is 24.3 Å². The van der Waals surface area contributed by atoms with Crippen molar-refractivity contribution in [1.82, 2.24) is 4.98 Å². The molecule has 1 aliphatic rings. The van der Waals surface area contributed by atoms with Crippen molar-refractivity contribution in [3.8, 4) is 10.6 Å². The zero-order chi connectivity index (χ0) is 12.8. The molecular formula is C12H10BrNO2S2. The number of aryl methyl sites for hydroxylation is 1. The van der Waals surface area contributed by atoms with E-state index in [-0.39, 0.29) is 11.5 Å². The van der Waals surface area contributed by atoms with Gasteiger partial charge in [-0.15, -0.1) is 11.3 Å². The normalized spacial score (nSPS) is 17.4. The van der Waals surface area contributed by atoms with Gasteiger partial charge in [-0.05, 0) is 12.1 Å². The fourth-order valence-corrected chi connectivity index (χ4v) is 5.25. The minimum absolute atomic E-state index is 0.147. The molecule has 0 N–H and O–H groups in total. The maximum atomic E-state index is 11.6. The van der Waals surface area contributed by atoms with Crippen molar-refractivity contribution < 1.29 is 8.42 Å². The third kappa shape index (κ3) is 2.37. The van der Waals surface area contributed by atoms with Gasteiger partial charge in [0.2, 0.25) is 0 Å². The van der Waals surface area contributed by atoms with E-state index in [2.05, 4.69) is 20.9 Å². The minimum atomic E-state index is -2.91. The maximum Gasteiger partial charge on any atom is 0.155 e. The number of hydrogen-bond donors (Lipinski definition) is 0. The molecule has 0 aliphatic carbocycles. The van der Waals surface area contributed by atoms with E-state index >= 15 is 0 Å². The van der Waals surface area contributed by atoms with Gasteiger partial charge in [-0.2, -0.15) is 0 Å². The molecule has 94 valence electrons. The van der Waals surface area contributed by atoms with Crippen LogP contribution in [0.4, 0.5) is 0 Å². The van der Waals surface area contributed by atoms with Crippen molar-refractivity contribution in [2.45, 2.75) is 12.2 Å². The summed E-state index contributed by atoms with van der Waals surface area (Å²) >= 11 is 4.92. The lowest BCUT2D eigenvalue weighted by atomic mass is 10.2. The molecule has 2 aromatic rings. The summed E-state index contributed by atoms with van der Waals surface area (Å²) in [7, 11) is -2.91. The predicted octanol–water partition coefficient (Wildman–Crippen LogP) is 3.04. The third-order valence-corrected chi connectivity index (χ3v) is 6.23. The second kappa shape index (κ2) is 4.43. The van der Waals surface area contributed by atoms with Crippen LogP contribution < -0.4 is 0 Å². The summed E-state index contributed by atoms with van der Waals surface area (Å²) in [5.74, 6) is 0.371. The van der Waals surface area contributed by atoms with E-state index in [1.54, 1.807) is 0 Å². The molecule has 0 spiro atoms. The molecule has 0 unspecified atom stereocenters. The van der Waals surface area contributed by atoms with Crippen LogP contribution in [-0.4, -0.2) is 19.2 Å². The van der Waals surface area contributed by atoms with Gasteiger partial charge in [-0.25, -0.2) is 13.4 Å². The first-order valence-electron chi connectivity index (χ1n) is 5.48. The molecule has 0 saturated heterocycles. The first kappa shape index (κ1) is 12.3. The second-order valence-electron chi connectivity index (χ2n) is 4.24. The molecule has 0 fully saturated rings. The summed E-state index contributed by atoms with van der Waals surface area (Å²) in [6.07, 6.45) is 0.544. The number of fused-ring (bicyclic) bond motifs is 1. The number of halogens is 1. The molecule has 18 heavy (non-hydrogen) atoms. The second-order valence-corrected chi connectivity index (χ2v) is 8.42. The van der Waals surface area contributed by atoms with Gasteiger partial charge in [0.1, 0.15) is 5.01 Å². The van der Waals surface area contributed by atoms with Crippen LogP contribution in [0.1, 0.15) is 10.6 Å². The lowest BCUT2D eigenvalue weighted by Gasteiger charge is -2.09. The molecule has 0 radical (unpaired) electrons. The lowest BCUT2D eigenvalue weighted by Crippen LogP contribution is -2.17. The summed E-state index contributed by atoms with van der Waals surface area (Å²) in [5, 5.41) is 0.901. The molecule has 1 aromatic carbocycles. The first-order chi connectivity index (χ1) is 8.53. The van der Waals surface area contributed by atoms with Crippen molar-refractivity contribution in [1.29, 1.82) is 0 Å². The predicted molar refractivity (Wildman–Crippen MR) is 76.4 cm³/mol. The standard InChI is InChI=1S/C12H10BrNO2S2/c13-9-3-1-2-8(6-9)12-14-10-4-5-18(15,16)7-11(10)17-12/h1-3,6H,4-5,7H2. The minimum Gasteiger partial charge on any atom is -0.241 e. The quantitative estimate of drug-likeness (QED) is 0.799. The molecule has 1 aromatic heterocycles. The van der Waals surface area contributed by atoms with E-state index in [0.717, 1.165) is 25.6 Å². The number of hydrogen-bond acceptors (Lipinski definition) is 4. The smallest absolute Gasteiger partial charge is 0.155 e. The lowest BCUT2D eigenvalue weighted by molar-refractivity contribution is 0.591. The highest BCUT2D eigenvalue weighted by Gasteiger charge is 2.25. The van der Waals surface area contributed by atoms with Crippen LogP contribution in [0.15, 0.2) is 28.7 Å². The van der Waals surface area contributed by atoms with Crippen LogP contribution in [0.3, 0.4) is 0 Å². The van der Waals surface area contributed by atoms with Gasteiger partial charge in [0.05, 0.1) is 17.2 Å². The van der Waals surface area contributed by atoms with Crippen molar-refractivity contribution in [2.75, 3.05) is 5.75 Å². The van der Waals surface area contributed by atoms with Gasteiger partial charge in [-0.3, -0.25) is 0 Å². The molecule has 6 heteroatoms. The summed E-state index contributed by atoms with van der Waals surface area (Å²) < 4.78 is 24.2. The molecule has 0 saturated carbocycles. The Kier molecular flexibility index (Phi) is 3.03. The maximum absolute atomic E-state index is 11.6. The topological polar surface area (TPSA) is 47.0 Å². The van der Waals surface area contributed by atoms with Crippen molar-refractivity contribution in [3.63, 3.8) is 0 Å². The molecular weight excluding hydrogens is 334 g/mol. The van der Waals surface area contributed by atoms with Gasteiger partial charge in [-0.1, -0.05) is 28.1 Å². The van der Waals surface area contributed by atoms with Crippen LogP contribution in [0.2, 0.25) is 0 Å². The zero-order valence-corrected chi connectivity index (χ0v) is 12.6. The van der Waals surface area contributed by atoms with Gasteiger partial charge >= 0.3 is 0 Å². The average Bonchev–Trinajstić information content (AvgIpc) is 2.70. The Morgan fingerprint density at radius 2 is 2.17 bits per heavy atom. The number of benzene rings is 1. The number of sulfone groups is 1. The zero-order valence-electron chi connectivity index (χ0n) is 9.39. The van der Waals surface area contributed by atoms with E-state index in [9.17, 15) is 8.42 Å². The summed E-state index contributed by atoms with van der Waals surface area (Å²) in [4.78, 5) is 5.46. The van der Waals surface area contributed by atoms with Crippen molar-refractivity contribution >= 4 is 37.1 Å². The Morgan fingerprint density at radius 3 is 2.94 bits per heavy atom. The van der Waals surface area contributed by atoms with Crippen LogP contribution in [0.25, 0.3) is 10.6 Å². The first-order valence-corrected chi connectivity index (χ1v) is 8.91. The number of thiazole rings is 1. The fourth-order valence-electron chi connectivity index (χ4n) is 1.96. The van der Waals surface area contributed by atoms with E-state index in [0.29, 0.717) is 6.42 Å². The summed E-state index contributed by atoms with van der Waals surface area (Å²) in [6, 6.07) is 7.90. The molecule has 2 heterocycles. The largest absolute Gasteiger partial charge is 0.241 e. The van der Waals surface area contributed by atoms with Crippen molar-refractivity contribution in [2.24, 2.45) is 0 Å². The molecule has 3 rings (SSSR count). The number of rotatable bonds is 1. The Morgan fingerprint density at radius 1 is 1.33 bits per heavy atom. The Balaban J connectivity index is 2.04. The molecule has 0 bridgehead atoms. The fraction of sp³-hybridized carbons (Fsp3) is 0.250. The van der Waals surface area contributed by atoms with Crippen LogP contribution >= 0.6 is 27.3 Å². The van der Waals surface area contributed by atoms with Gasteiger partial charge < -0.3 is 0 Å². The van der Waals surface area contributed by atoms with E-state index in [4.69, 9.17) is 0 Å². The number of nitrogens with zero attached hydrogens (tertiary/aromatic N) is 1. The van der Waals surface area contributed by atoms with E-state index < -0.39 is 9.84 Å². The average molecular weight is 344 g/mol. The molecule has 0 atom stereocenters. The van der Waals surface area contributed by atoms with Crippen molar-refractivity contribution in [3.05, 3.63) is 39.3 Å². The van der Waals surface area contributed by atoms with Crippen LogP contribution in [0, 0.1) is 0 Å². The van der Waals surface area contributed by atoms with Crippen LogP contribution in [0.5, 0.6) is 0 Å². The van der Waals surface area contributed by atoms with Gasteiger partial charge in [0.15, 0.2) is 9.84 Å². The Labute approximate surface area is 118 Å². The van der Waals surface area contributed by atoms with Crippen LogP contribution in [-0.2, 0) is 22.0 Å². The van der Waals surface area contributed by atoms with Gasteiger partial charge in [0, 0.05) is 21.3 Å². The summed E-state index contributed by atoms with van der Waals surface area (Å²) in [5.41, 5.74) is 1.98. The molecule has 3 nitrogen and oxygen atoms in total. The third-order valence-electron chi connectivity index (χ3n) is 2.85. The Bertz CT molecular complexity index is 707. The van der Waals surface area contributed by atoms with Gasteiger partial charge in [0.25, 0.3) is 0 Å². The highest BCUT2D eigenvalue weighted by atomic mass is 79.9. The molecule has 1 aliphatic heterocycles. The number of aromatic nitrogens is 1. The molecule has 0 amide bonds. The summed E-state index contributed by atoms with van der Waals surface area (Å²) in [6.45, 7) is 0. The SMILES string of the molecule is O=S1(=O)CCc2nc(-c3cccc(Br)c3)sc2C1. The highest BCUT2D eigenvalue weighted by Crippen LogP contribution is 2.33.